The number of carbonyl (C=O) groups excluding carboxylic acids is 1. The van der Waals surface area contributed by atoms with Crippen LogP contribution in [0.3, 0.4) is 0 Å². The standard InChI is InChI=1S/C17H17N7O3/c25-17(12-7-11(21-22-12)13-3-1-6-26-13)24-8-10(9-24)16-20-15(23-27-16)14-18-4-2-5-19-14/h1-6,10-12,21-22H,7-9H2. The first kappa shape index (κ1) is 16.1. The Labute approximate surface area is 153 Å². The summed E-state index contributed by atoms with van der Waals surface area (Å²) < 4.78 is 10.7. The van der Waals surface area contributed by atoms with Crippen molar-refractivity contribution in [3.8, 4) is 11.6 Å². The molecule has 2 fully saturated rings. The summed E-state index contributed by atoms with van der Waals surface area (Å²) in [7, 11) is 0. The summed E-state index contributed by atoms with van der Waals surface area (Å²) in [5.41, 5.74) is 6.17. The third kappa shape index (κ3) is 2.98. The van der Waals surface area contributed by atoms with Crippen molar-refractivity contribution in [2.24, 2.45) is 0 Å². The Morgan fingerprint density at radius 1 is 1.15 bits per heavy atom. The van der Waals surface area contributed by atoms with Gasteiger partial charge in [0.05, 0.1) is 18.2 Å². The van der Waals surface area contributed by atoms with Crippen LogP contribution in [0.1, 0.15) is 30.0 Å². The molecule has 0 radical (unpaired) electrons. The molecule has 2 N–H and O–H groups in total. The Hall–Kier alpha value is -3.11. The van der Waals surface area contributed by atoms with Crippen molar-refractivity contribution in [1.29, 1.82) is 0 Å². The van der Waals surface area contributed by atoms with Crippen molar-refractivity contribution in [3.05, 3.63) is 48.5 Å². The van der Waals surface area contributed by atoms with Crippen molar-refractivity contribution >= 4 is 5.91 Å². The van der Waals surface area contributed by atoms with E-state index in [-0.39, 0.29) is 23.9 Å². The molecule has 2 atom stereocenters. The van der Waals surface area contributed by atoms with Gasteiger partial charge < -0.3 is 13.8 Å². The van der Waals surface area contributed by atoms with E-state index in [1.54, 1.807) is 29.6 Å². The third-order valence-electron chi connectivity index (χ3n) is 4.84. The molecule has 2 aliphatic rings. The van der Waals surface area contributed by atoms with E-state index in [0.29, 0.717) is 37.0 Å². The van der Waals surface area contributed by atoms with E-state index in [4.69, 9.17) is 8.94 Å². The summed E-state index contributed by atoms with van der Waals surface area (Å²) >= 11 is 0. The summed E-state index contributed by atoms with van der Waals surface area (Å²) in [6.07, 6.45) is 5.52. The third-order valence-corrected chi connectivity index (χ3v) is 4.84. The van der Waals surface area contributed by atoms with Gasteiger partial charge in [-0.1, -0.05) is 5.16 Å². The SMILES string of the molecule is O=C(C1CC(c2ccco2)NN1)N1CC(c2nc(-c3ncccn3)no2)C1. The molecule has 2 aliphatic heterocycles. The molecule has 0 bridgehead atoms. The number of nitrogens with one attached hydrogen (secondary N) is 2. The van der Waals surface area contributed by atoms with Gasteiger partial charge in [-0.25, -0.2) is 20.8 Å². The van der Waals surface area contributed by atoms with Crippen LogP contribution >= 0.6 is 0 Å². The molecule has 3 aromatic heterocycles. The Kier molecular flexibility index (Phi) is 3.91. The summed E-state index contributed by atoms with van der Waals surface area (Å²) in [6, 6.07) is 5.18. The van der Waals surface area contributed by atoms with Crippen LogP contribution in [-0.4, -0.2) is 50.0 Å². The average Bonchev–Trinajstić information content (AvgIpc) is 3.41. The first-order valence-corrected chi connectivity index (χ1v) is 8.72. The Morgan fingerprint density at radius 2 is 2.00 bits per heavy atom. The molecule has 10 heteroatoms. The Morgan fingerprint density at radius 3 is 2.78 bits per heavy atom. The lowest BCUT2D eigenvalue weighted by Crippen LogP contribution is -2.54. The van der Waals surface area contributed by atoms with Crippen LogP contribution in [0.15, 0.2) is 45.8 Å². The molecule has 138 valence electrons. The molecule has 2 unspecified atom stereocenters. The van der Waals surface area contributed by atoms with E-state index in [0.717, 1.165) is 5.76 Å². The highest BCUT2D eigenvalue weighted by Gasteiger charge is 2.41. The predicted molar refractivity (Wildman–Crippen MR) is 90.8 cm³/mol. The quantitative estimate of drug-likeness (QED) is 0.684. The van der Waals surface area contributed by atoms with Gasteiger partial charge in [0.15, 0.2) is 0 Å². The van der Waals surface area contributed by atoms with Crippen LogP contribution in [0.5, 0.6) is 0 Å². The molecule has 1 amide bonds. The zero-order valence-electron chi connectivity index (χ0n) is 14.3. The van der Waals surface area contributed by atoms with Crippen LogP contribution in [-0.2, 0) is 4.79 Å². The first-order chi connectivity index (χ1) is 13.3. The van der Waals surface area contributed by atoms with E-state index >= 15 is 0 Å². The van der Waals surface area contributed by atoms with Gasteiger partial charge in [0, 0.05) is 25.5 Å². The first-order valence-electron chi connectivity index (χ1n) is 8.72. The molecule has 0 saturated carbocycles. The highest BCUT2D eigenvalue weighted by Crippen LogP contribution is 2.30. The number of aromatic nitrogens is 4. The molecule has 5 rings (SSSR count). The largest absolute Gasteiger partial charge is 0.468 e. The van der Waals surface area contributed by atoms with Gasteiger partial charge in [0.25, 0.3) is 0 Å². The van der Waals surface area contributed by atoms with Gasteiger partial charge in [-0.15, -0.1) is 0 Å². The van der Waals surface area contributed by atoms with Crippen molar-refractivity contribution in [2.45, 2.75) is 24.4 Å². The Bertz CT molecular complexity index is 921. The second-order valence-corrected chi connectivity index (χ2v) is 6.61. The highest BCUT2D eigenvalue weighted by molar-refractivity contribution is 5.83. The van der Waals surface area contributed by atoms with Crippen molar-refractivity contribution < 1.29 is 13.7 Å². The molecule has 0 aliphatic carbocycles. The number of hydrazine groups is 1. The summed E-state index contributed by atoms with van der Waals surface area (Å²) in [4.78, 5) is 27.0. The molecule has 10 nitrogen and oxygen atoms in total. The lowest BCUT2D eigenvalue weighted by atomic mass is 9.97. The minimum Gasteiger partial charge on any atom is -0.468 e. The van der Waals surface area contributed by atoms with E-state index in [1.165, 1.54) is 0 Å². The topological polar surface area (TPSA) is 122 Å². The van der Waals surface area contributed by atoms with Crippen LogP contribution in [0.4, 0.5) is 0 Å². The lowest BCUT2D eigenvalue weighted by molar-refractivity contribution is -0.138. The van der Waals surface area contributed by atoms with Crippen molar-refractivity contribution in [2.75, 3.05) is 13.1 Å². The average molecular weight is 367 g/mol. The molecule has 0 aromatic carbocycles. The van der Waals surface area contributed by atoms with Crippen molar-refractivity contribution in [1.82, 2.24) is 35.9 Å². The van der Waals surface area contributed by atoms with Crippen LogP contribution in [0.2, 0.25) is 0 Å². The maximum absolute atomic E-state index is 12.7. The van der Waals surface area contributed by atoms with Crippen LogP contribution in [0.25, 0.3) is 11.6 Å². The van der Waals surface area contributed by atoms with E-state index < -0.39 is 0 Å². The fraction of sp³-hybridized carbons (Fsp3) is 0.353. The molecule has 2 saturated heterocycles. The molecule has 5 heterocycles. The maximum Gasteiger partial charge on any atom is 0.241 e. The van der Waals surface area contributed by atoms with E-state index in [2.05, 4.69) is 31.0 Å². The summed E-state index contributed by atoms with van der Waals surface area (Å²) in [5, 5.41) is 3.93. The minimum absolute atomic E-state index is 0.00426. The number of hydrogen-bond donors (Lipinski definition) is 2. The zero-order chi connectivity index (χ0) is 18.2. The molecule has 3 aromatic rings. The van der Waals surface area contributed by atoms with Gasteiger partial charge in [-0.05, 0) is 24.6 Å². The minimum atomic E-state index is -0.281. The van der Waals surface area contributed by atoms with Crippen LogP contribution in [0, 0.1) is 0 Å². The second kappa shape index (κ2) is 6.56. The molecule has 0 spiro atoms. The van der Waals surface area contributed by atoms with Gasteiger partial charge in [0.2, 0.25) is 23.4 Å². The predicted octanol–water partition coefficient (Wildman–Crippen LogP) is 0.653. The zero-order valence-corrected chi connectivity index (χ0v) is 14.3. The number of nitrogens with zero attached hydrogens (tertiary/aromatic N) is 5. The second-order valence-electron chi connectivity index (χ2n) is 6.61. The number of likely N-dealkylation sites (tertiary alicyclic amines) is 1. The molecule has 27 heavy (non-hydrogen) atoms. The maximum atomic E-state index is 12.7. The summed E-state index contributed by atoms with van der Waals surface area (Å²) in [5.74, 6) is 2.20. The normalized spacial score (nSPS) is 22.7. The number of rotatable bonds is 4. The van der Waals surface area contributed by atoms with E-state index in [9.17, 15) is 4.79 Å². The van der Waals surface area contributed by atoms with Crippen LogP contribution < -0.4 is 10.9 Å². The van der Waals surface area contributed by atoms with Gasteiger partial charge >= 0.3 is 0 Å². The fourth-order valence-electron chi connectivity index (χ4n) is 3.34. The fourth-order valence-corrected chi connectivity index (χ4v) is 3.34. The highest BCUT2D eigenvalue weighted by atomic mass is 16.5. The Balaban J connectivity index is 1.18. The lowest BCUT2D eigenvalue weighted by Gasteiger charge is -2.38. The van der Waals surface area contributed by atoms with Gasteiger partial charge in [0.1, 0.15) is 11.8 Å². The summed E-state index contributed by atoms with van der Waals surface area (Å²) in [6.45, 7) is 1.11. The number of hydrogen-bond acceptors (Lipinski definition) is 9. The van der Waals surface area contributed by atoms with Gasteiger partial charge in [-0.3, -0.25) is 4.79 Å². The van der Waals surface area contributed by atoms with E-state index in [1.807, 2.05) is 12.1 Å². The molecular weight excluding hydrogens is 350 g/mol. The van der Waals surface area contributed by atoms with Crippen molar-refractivity contribution in [3.63, 3.8) is 0 Å². The smallest absolute Gasteiger partial charge is 0.241 e. The number of carbonyl (C=O) groups is 1. The van der Waals surface area contributed by atoms with Gasteiger partial charge in [-0.2, -0.15) is 4.98 Å². The number of amides is 1. The molecular formula is C17H17N7O3. The number of furan rings is 1. The monoisotopic (exact) mass is 367 g/mol.